The number of fused-ring (bicyclic) bond motifs is 1. The number of nitrogens with zero attached hydrogens (tertiary/aromatic N) is 4. The highest BCUT2D eigenvalue weighted by Gasteiger charge is 2.51. The molecule has 2 aliphatic heterocycles. The molecule has 0 aliphatic carbocycles. The van der Waals surface area contributed by atoms with Gasteiger partial charge in [0.05, 0.1) is 11.2 Å². The van der Waals surface area contributed by atoms with Crippen molar-refractivity contribution in [2.45, 2.75) is 38.1 Å². The summed E-state index contributed by atoms with van der Waals surface area (Å²) in [6.07, 6.45) is 4.22. The Morgan fingerprint density at radius 2 is 2.15 bits per heavy atom. The highest BCUT2D eigenvalue weighted by Crippen LogP contribution is 2.41. The maximum atomic E-state index is 12.8. The third-order valence-corrected chi connectivity index (χ3v) is 7.50. The van der Waals surface area contributed by atoms with Crippen LogP contribution in [-0.4, -0.2) is 63.5 Å². The number of carbonyl (C=O) groups excluding carboxylic acids is 2. The molecular weight excluding hydrogens is 380 g/mol. The highest BCUT2D eigenvalue weighted by atomic mass is 32.2. The Labute approximate surface area is 167 Å². The molecule has 0 radical (unpaired) electrons. The lowest BCUT2D eigenvalue weighted by Crippen LogP contribution is -2.39. The first-order valence-electron chi connectivity index (χ1n) is 9.43. The number of thioether (sulfide) groups is 1. The van der Waals surface area contributed by atoms with Crippen molar-refractivity contribution in [2.75, 3.05) is 31.9 Å². The molecule has 0 bridgehead atoms. The van der Waals surface area contributed by atoms with Gasteiger partial charge < -0.3 is 9.80 Å². The standard InChI is InChI=1S/C19H24N4O2S2/c1-3-6-22-7-4-19(18(22)25)5-8-23(11-19)15(24)10-26-16-14-9-13(2)27-17(14)21-12-20-16/h9,12H,3-8,10-11H2,1-2H3. The van der Waals surface area contributed by atoms with E-state index in [1.807, 2.05) is 9.80 Å². The zero-order chi connectivity index (χ0) is 19.0. The van der Waals surface area contributed by atoms with Gasteiger partial charge in [-0.3, -0.25) is 9.59 Å². The topological polar surface area (TPSA) is 66.4 Å². The molecule has 4 heterocycles. The second kappa shape index (κ2) is 7.39. The molecule has 27 heavy (non-hydrogen) atoms. The molecule has 1 spiro atoms. The highest BCUT2D eigenvalue weighted by molar-refractivity contribution is 8.00. The Kier molecular flexibility index (Phi) is 5.11. The number of likely N-dealkylation sites (tertiary alicyclic amines) is 2. The summed E-state index contributed by atoms with van der Waals surface area (Å²) in [4.78, 5) is 40.2. The van der Waals surface area contributed by atoms with Crippen LogP contribution in [0.15, 0.2) is 17.4 Å². The van der Waals surface area contributed by atoms with Crippen LogP contribution in [0.5, 0.6) is 0 Å². The van der Waals surface area contributed by atoms with Crippen LogP contribution >= 0.6 is 23.1 Å². The van der Waals surface area contributed by atoms with Crippen molar-refractivity contribution in [1.82, 2.24) is 19.8 Å². The van der Waals surface area contributed by atoms with E-state index in [0.717, 1.165) is 47.6 Å². The number of hydrogen-bond donors (Lipinski definition) is 0. The lowest BCUT2D eigenvalue weighted by molar-refractivity contribution is -0.136. The summed E-state index contributed by atoms with van der Waals surface area (Å²) in [5, 5.41) is 1.88. The van der Waals surface area contributed by atoms with Crippen molar-refractivity contribution in [2.24, 2.45) is 5.41 Å². The van der Waals surface area contributed by atoms with Gasteiger partial charge in [0, 0.05) is 36.4 Å². The van der Waals surface area contributed by atoms with Gasteiger partial charge in [0.25, 0.3) is 0 Å². The first-order chi connectivity index (χ1) is 13.0. The maximum Gasteiger partial charge on any atom is 0.233 e. The quantitative estimate of drug-likeness (QED) is 0.566. The average Bonchev–Trinajstić information content (AvgIpc) is 3.33. The third-order valence-electron chi connectivity index (χ3n) is 5.55. The van der Waals surface area contributed by atoms with Crippen LogP contribution < -0.4 is 0 Å². The maximum absolute atomic E-state index is 12.8. The van der Waals surface area contributed by atoms with Gasteiger partial charge in [-0.15, -0.1) is 11.3 Å². The number of aryl methyl sites for hydroxylation is 1. The fourth-order valence-electron chi connectivity index (χ4n) is 4.13. The van der Waals surface area contributed by atoms with Crippen LogP contribution in [0.3, 0.4) is 0 Å². The van der Waals surface area contributed by atoms with Gasteiger partial charge in [-0.25, -0.2) is 9.97 Å². The molecule has 0 aromatic carbocycles. The van der Waals surface area contributed by atoms with Crippen molar-refractivity contribution >= 4 is 45.1 Å². The number of aromatic nitrogens is 2. The first-order valence-corrected chi connectivity index (χ1v) is 11.2. The van der Waals surface area contributed by atoms with E-state index in [4.69, 9.17) is 0 Å². The molecule has 0 saturated carbocycles. The minimum atomic E-state index is -0.331. The lowest BCUT2D eigenvalue weighted by atomic mass is 9.85. The molecule has 2 aliphatic rings. The SMILES string of the molecule is CCCN1CCC2(CCN(C(=O)CSc3ncnc4sc(C)cc34)C2)C1=O. The summed E-state index contributed by atoms with van der Waals surface area (Å²) in [5.74, 6) is 0.695. The van der Waals surface area contributed by atoms with Crippen molar-refractivity contribution in [3.63, 3.8) is 0 Å². The van der Waals surface area contributed by atoms with Crippen LogP contribution in [0.1, 0.15) is 31.1 Å². The molecule has 2 fully saturated rings. The number of carbonyl (C=O) groups is 2. The van der Waals surface area contributed by atoms with Crippen molar-refractivity contribution in [1.29, 1.82) is 0 Å². The summed E-state index contributed by atoms with van der Waals surface area (Å²) in [6.45, 7) is 7.06. The van der Waals surface area contributed by atoms with Crippen molar-refractivity contribution < 1.29 is 9.59 Å². The minimum absolute atomic E-state index is 0.0948. The largest absolute Gasteiger partial charge is 0.342 e. The Balaban J connectivity index is 1.39. The molecular formula is C19H24N4O2S2. The van der Waals surface area contributed by atoms with Gasteiger partial charge in [-0.2, -0.15) is 0 Å². The molecule has 8 heteroatoms. The van der Waals surface area contributed by atoms with Gasteiger partial charge in [0.1, 0.15) is 16.2 Å². The summed E-state index contributed by atoms with van der Waals surface area (Å²) < 4.78 is 0. The lowest BCUT2D eigenvalue weighted by Gasteiger charge is -2.23. The van der Waals surface area contributed by atoms with Crippen LogP contribution in [0.4, 0.5) is 0 Å². The molecule has 2 saturated heterocycles. The van der Waals surface area contributed by atoms with E-state index < -0.39 is 0 Å². The fraction of sp³-hybridized carbons (Fsp3) is 0.579. The predicted molar refractivity (Wildman–Crippen MR) is 108 cm³/mol. The zero-order valence-electron chi connectivity index (χ0n) is 15.7. The predicted octanol–water partition coefficient (Wildman–Crippen LogP) is 2.95. The number of rotatable bonds is 5. The zero-order valence-corrected chi connectivity index (χ0v) is 17.4. The Bertz CT molecular complexity index is 884. The van der Waals surface area contributed by atoms with Gasteiger partial charge >= 0.3 is 0 Å². The summed E-state index contributed by atoms with van der Waals surface area (Å²) >= 11 is 3.11. The third kappa shape index (κ3) is 3.45. The molecule has 144 valence electrons. The number of thiophene rings is 1. The monoisotopic (exact) mass is 404 g/mol. The molecule has 0 N–H and O–H groups in total. The first kappa shape index (κ1) is 18.7. The van der Waals surface area contributed by atoms with Gasteiger partial charge in [-0.05, 0) is 32.3 Å². The van der Waals surface area contributed by atoms with Crippen LogP contribution in [0.25, 0.3) is 10.2 Å². The van der Waals surface area contributed by atoms with E-state index in [-0.39, 0.29) is 17.2 Å². The van der Waals surface area contributed by atoms with E-state index in [0.29, 0.717) is 18.8 Å². The molecule has 2 amide bonds. The van der Waals surface area contributed by atoms with Gasteiger partial charge in [0.15, 0.2) is 0 Å². The fourth-order valence-corrected chi connectivity index (χ4v) is 5.92. The normalized spacial score (nSPS) is 22.5. The van der Waals surface area contributed by atoms with Crippen LogP contribution in [0, 0.1) is 12.3 Å². The second-order valence-corrected chi connectivity index (χ2v) is 9.63. The smallest absolute Gasteiger partial charge is 0.233 e. The Morgan fingerprint density at radius 1 is 1.33 bits per heavy atom. The van der Waals surface area contributed by atoms with Crippen LogP contribution in [-0.2, 0) is 9.59 Å². The average molecular weight is 405 g/mol. The summed E-state index contributed by atoms with van der Waals surface area (Å²) in [5.41, 5.74) is -0.331. The van der Waals surface area contributed by atoms with Crippen molar-refractivity contribution in [3.8, 4) is 0 Å². The van der Waals surface area contributed by atoms with Gasteiger partial charge in [-0.1, -0.05) is 18.7 Å². The number of amides is 2. The Morgan fingerprint density at radius 3 is 2.96 bits per heavy atom. The number of hydrogen-bond acceptors (Lipinski definition) is 6. The van der Waals surface area contributed by atoms with E-state index in [9.17, 15) is 9.59 Å². The Hall–Kier alpha value is -1.67. The van der Waals surface area contributed by atoms with Crippen LogP contribution in [0.2, 0.25) is 0 Å². The second-order valence-electron chi connectivity index (χ2n) is 7.43. The van der Waals surface area contributed by atoms with E-state index in [2.05, 4.69) is 29.9 Å². The minimum Gasteiger partial charge on any atom is -0.342 e. The molecule has 6 nitrogen and oxygen atoms in total. The van der Waals surface area contributed by atoms with E-state index >= 15 is 0 Å². The molecule has 1 unspecified atom stereocenters. The van der Waals surface area contributed by atoms with Gasteiger partial charge in [0.2, 0.25) is 11.8 Å². The molecule has 2 aromatic heterocycles. The van der Waals surface area contributed by atoms with E-state index in [1.165, 1.54) is 16.6 Å². The summed E-state index contributed by atoms with van der Waals surface area (Å²) in [6, 6.07) is 2.08. The molecule has 4 rings (SSSR count). The summed E-state index contributed by atoms with van der Waals surface area (Å²) in [7, 11) is 0. The van der Waals surface area contributed by atoms with Crippen molar-refractivity contribution in [3.05, 3.63) is 17.3 Å². The molecule has 1 atom stereocenters. The molecule has 2 aromatic rings. The van der Waals surface area contributed by atoms with E-state index in [1.54, 1.807) is 17.7 Å².